The number of nitrogens with one attached hydrogen (secondary N) is 3. The number of hydrogen-bond donors (Lipinski definition) is 3. The maximum Gasteiger partial charge on any atom is 0.268 e. The van der Waals surface area contributed by atoms with Gasteiger partial charge in [-0.1, -0.05) is 18.2 Å². The van der Waals surface area contributed by atoms with E-state index in [2.05, 4.69) is 21.7 Å². The summed E-state index contributed by atoms with van der Waals surface area (Å²) in [5.41, 5.74) is 1.09. The zero-order valence-corrected chi connectivity index (χ0v) is 22.5. The molecule has 11 heteroatoms. The number of nitriles is 1. The summed E-state index contributed by atoms with van der Waals surface area (Å²) in [5, 5.41) is 16.0. The van der Waals surface area contributed by atoms with Crippen LogP contribution in [0.25, 0.3) is 10.9 Å². The monoisotopic (exact) mass is 552 g/mol. The number of halogens is 2. The van der Waals surface area contributed by atoms with E-state index in [-0.39, 0.29) is 95.5 Å². The Balaban J connectivity index is 0.00000241. The molecule has 1 aliphatic carbocycles. The minimum Gasteiger partial charge on any atom is -0.356 e. The molecule has 2 amide bonds. The Labute approximate surface area is 229 Å². The molecule has 2 fully saturated rings. The van der Waals surface area contributed by atoms with Crippen molar-refractivity contribution in [2.75, 3.05) is 6.54 Å². The van der Waals surface area contributed by atoms with Crippen LogP contribution in [-0.4, -0.2) is 41.1 Å². The highest BCUT2D eigenvalue weighted by atomic mass is 32.1. The van der Waals surface area contributed by atoms with E-state index in [1.807, 2.05) is 24.3 Å². The van der Waals surface area contributed by atoms with Crippen LogP contribution in [0.5, 0.6) is 0 Å². The van der Waals surface area contributed by atoms with E-state index in [0.717, 1.165) is 10.9 Å². The normalized spacial score (nSPS) is 20.6. The predicted octanol–water partition coefficient (Wildman–Crippen LogP) is 4.33. The van der Waals surface area contributed by atoms with Crippen molar-refractivity contribution >= 4 is 55.5 Å². The Bertz CT molecular complexity index is 1110. The average molecular weight is 553 g/mol. The molecule has 0 radical (unpaired) electrons. The van der Waals surface area contributed by atoms with Gasteiger partial charge < -0.3 is 15.6 Å². The summed E-state index contributed by atoms with van der Waals surface area (Å²) in [5.74, 6) is -4.62. The van der Waals surface area contributed by atoms with Crippen LogP contribution >= 0.6 is 27.0 Å². The second kappa shape index (κ2) is 13.3. The number of fused-ring (bicyclic) bond motifs is 1. The molecule has 1 saturated heterocycles. The molecule has 7 nitrogen and oxygen atoms in total. The quantitative estimate of drug-likeness (QED) is 0.429. The first-order valence-electron chi connectivity index (χ1n) is 12.2. The van der Waals surface area contributed by atoms with Gasteiger partial charge in [-0.3, -0.25) is 14.4 Å². The van der Waals surface area contributed by atoms with Crippen LogP contribution in [0.1, 0.15) is 61.9 Å². The Morgan fingerprint density at radius 1 is 1.14 bits per heavy atom. The highest BCUT2D eigenvalue weighted by Gasteiger charge is 2.37. The fourth-order valence-corrected chi connectivity index (χ4v) is 5.15. The molecule has 1 aromatic carbocycles. The van der Waals surface area contributed by atoms with E-state index in [4.69, 9.17) is 0 Å². The van der Waals surface area contributed by atoms with Crippen molar-refractivity contribution in [2.45, 2.75) is 63.3 Å². The van der Waals surface area contributed by atoms with Gasteiger partial charge >= 0.3 is 0 Å². The van der Waals surface area contributed by atoms with E-state index in [9.17, 15) is 28.4 Å². The molecule has 3 atom stereocenters. The van der Waals surface area contributed by atoms with Crippen LogP contribution in [0.3, 0.4) is 0 Å². The Morgan fingerprint density at radius 3 is 2.46 bits per heavy atom. The minimum absolute atomic E-state index is 0. The zero-order valence-electron chi connectivity index (χ0n) is 20.5. The van der Waals surface area contributed by atoms with Crippen molar-refractivity contribution in [1.82, 2.24) is 15.6 Å². The van der Waals surface area contributed by atoms with Gasteiger partial charge in [-0.2, -0.15) is 32.3 Å². The van der Waals surface area contributed by atoms with Crippen LogP contribution in [0.15, 0.2) is 30.3 Å². The van der Waals surface area contributed by atoms with Gasteiger partial charge in [0.25, 0.3) is 5.91 Å². The minimum atomic E-state index is -2.68. The number of aromatic nitrogens is 1. The Hall–Kier alpha value is -2.58. The molecule has 2 heterocycles. The molecule has 2 aliphatic rings. The lowest BCUT2D eigenvalue weighted by Crippen LogP contribution is -2.43. The van der Waals surface area contributed by atoms with Crippen molar-refractivity contribution in [1.29, 1.82) is 5.26 Å². The van der Waals surface area contributed by atoms with Crippen LogP contribution in [0.4, 0.5) is 8.78 Å². The molecule has 2 aromatic rings. The maximum absolute atomic E-state index is 13.6. The van der Waals surface area contributed by atoms with Crippen molar-refractivity contribution in [3.8, 4) is 6.07 Å². The predicted molar refractivity (Wildman–Crippen MR) is 146 cm³/mol. The first-order valence-corrected chi connectivity index (χ1v) is 12.2. The first-order chi connectivity index (χ1) is 16.7. The van der Waals surface area contributed by atoms with Gasteiger partial charge in [-0.25, -0.2) is 8.78 Å². The molecule has 1 saturated carbocycles. The van der Waals surface area contributed by atoms with Crippen molar-refractivity contribution in [3.63, 3.8) is 0 Å². The number of rotatable bonds is 9. The molecule has 4 rings (SSSR count). The number of carbonyl (C=O) groups is 3. The molecular weight excluding hydrogens is 518 g/mol. The Morgan fingerprint density at radius 2 is 1.84 bits per heavy atom. The molecule has 202 valence electrons. The molecule has 3 N–H and O–H groups in total. The molecule has 37 heavy (non-hydrogen) atoms. The third-order valence-corrected chi connectivity index (χ3v) is 7.24. The van der Waals surface area contributed by atoms with Gasteiger partial charge in [0, 0.05) is 42.6 Å². The fourth-order valence-electron chi connectivity index (χ4n) is 5.15. The molecule has 1 aromatic heterocycles. The lowest BCUT2D eigenvalue weighted by molar-refractivity contribution is -0.124. The number of hydrogen-bond acceptors (Lipinski definition) is 4. The van der Waals surface area contributed by atoms with Crippen molar-refractivity contribution in [2.24, 2.45) is 17.8 Å². The average Bonchev–Trinajstić information content (AvgIpc) is 3.45. The number of aromatic amines is 1. The number of H-pyrrole nitrogens is 1. The third kappa shape index (κ3) is 7.95. The van der Waals surface area contributed by atoms with Crippen LogP contribution in [0.2, 0.25) is 0 Å². The van der Waals surface area contributed by atoms with Gasteiger partial charge in [0.05, 0.1) is 18.0 Å². The third-order valence-electron chi connectivity index (χ3n) is 7.24. The topological polar surface area (TPSA) is 115 Å². The maximum atomic E-state index is 13.6. The van der Waals surface area contributed by atoms with Crippen LogP contribution in [-0.2, 0) is 9.59 Å². The number of ketones is 1. The van der Waals surface area contributed by atoms with Crippen LogP contribution in [0, 0.1) is 29.1 Å². The van der Waals surface area contributed by atoms with E-state index in [0.29, 0.717) is 18.7 Å². The molecular formula is C26H34F2N4O3S2. The second-order valence-corrected chi connectivity index (χ2v) is 9.84. The highest BCUT2D eigenvalue weighted by molar-refractivity contribution is 7.59. The standard InChI is InChI=1S/C26H30F2N4O3.2H2S/c27-26(28)8-5-16(6-9-26)12-21(23(33)13-17(15-29)11-19-7-10-30-24(19)34)32-25(35)22-14-18-3-1-2-4-20(18)31-22;;/h1-4,14,16-17,19,21,31H,5-13H2,(H,30,34)(H,32,35);2*1H2/t17-,19?,21+;;/m1../s1. The van der Waals surface area contributed by atoms with Gasteiger partial charge in [0.1, 0.15) is 5.69 Å². The van der Waals surface area contributed by atoms with Gasteiger partial charge in [-0.05, 0) is 50.2 Å². The Kier molecular flexibility index (Phi) is 11.0. The first kappa shape index (κ1) is 30.6. The van der Waals surface area contributed by atoms with E-state index >= 15 is 0 Å². The summed E-state index contributed by atoms with van der Waals surface area (Å²) in [6.07, 6.45) is 1.17. The fraction of sp³-hybridized carbons (Fsp3) is 0.538. The number of carbonyl (C=O) groups excluding carboxylic acids is 3. The van der Waals surface area contributed by atoms with E-state index < -0.39 is 23.8 Å². The summed E-state index contributed by atoms with van der Waals surface area (Å²) in [6.45, 7) is 0.561. The van der Waals surface area contributed by atoms with Crippen molar-refractivity contribution in [3.05, 3.63) is 36.0 Å². The van der Waals surface area contributed by atoms with Crippen molar-refractivity contribution < 1.29 is 23.2 Å². The summed E-state index contributed by atoms with van der Waals surface area (Å²) in [4.78, 5) is 41.3. The SMILES string of the molecule is N#C[C@@H](CC(=O)[C@H](CC1CCC(F)(F)CC1)NC(=O)c1cc2ccccc2[nH]1)CC1CCNC1=O.S.S. The summed E-state index contributed by atoms with van der Waals surface area (Å²) in [6, 6.07) is 10.4. The van der Waals surface area contributed by atoms with E-state index in [1.54, 1.807) is 6.07 Å². The van der Waals surface area contributed by atoms with Crippen LogP contribution < -0.4 is 10.6 Å². The number of Topliss-reactive ketones (excluding diaryl/α,β-unsaturated/α-hetero) is 1. The largest absolute Gasteiger partial charge is 0.356 e. The van der Waals surface area contributed by atoms with E-state index in [1.165, 1.54) is 0 Å². The molecule has 1 aliphatic heterocycles. The number of amides is 2. The molecule has 1 unspecified atom stereocenters. The number of benzene rings is 1. The zero-order chi connectivity index (χ0) is 25.0. The van der Waals surface area contributed by atoms with Gasteiger partial charge in [0.2, 0.25) is 11.8 Å². The second-order valence-electron chi connectivity index (χ2n) is 9.84. The number of para-hydroxylation sites is 1. The number of alkyl halides is 2. The molecule has 0 bridgehead atoms. The summed E-state index contributed by atoms with van der Waals surface area (Å²) >= 11 is 0. The smallest absolute Gasteiger partial charge is 0.268 e. The summed E-state index contributed by atoms with van der Waals surface area (Å²) < 4.78 is 27.3. The lowest BCUT2D eigenvalue weighted by atomic mass is 9.81. The summed E-state index contributed by atoms with van der Waals surface area (Å²) in [7, 11) is 0. The van der Waals surface area contributed by atoms with Gasteiger partial charge in [0.15, 0.2) is 5.78 Å². The highest BCUT2D eigenvalue weighted by Crippen LogP contribution is 2.38. The number of nitrogens with zero attached hydrogens (tertiary/aromatic N) is 1. The lowest BCUT2D eigenvalue weighted by Gasteiger charge is -2.30. The molecule has 0 spiro atoms. The van der Waals surface area contributed by atoms with Gasteiger partial charge in [-0.15, -0.1) is 0 Å².